The van der Waals surface area contributed by atoms with Gasteiger partial charge >= 0.3 is 0 Å². The summed E-state index contributed by atoms with van der Waals surface area (Å²) >= 11 is 0. The molecule has 3 N–H and O–H groups in total. The first-order valence-electron chi connectivity index (χ1n) is 11.6. The van der Waals surface area contributed by atoms with E-state index in [1.54, 1.807) is 31.6 Å². The molecule has 1 aliphatic heterocycles. The fourth-order valence-corrected chi connectivity index (χ4v) is 3.13. The van der Waals surface area contributed by atoms with Crippen LogP contribution in [0.15, 0.2) is 48.8 Å². The van der Waals surface area contributed by atoms with Gasteiger partial charge in [0.15, 0.2) is 0 Å². The van der Waals surface area contributed by atoms with Crippen LogP contribution in [0.1, 0.15) is 47.1 Å². The molecule has 0 fully saturated rings. The van der Waals surface area contributed by atoms with Crippen molar-refractivity contribution in [2.75, 3.05) is 19.0 Å². The maximum absolute atomic E-state index is 12.6. The number of carbonyl (C=O) groups excluding carboxylic acids is 1. The number of fused-ring (bicyclic) bond motifs is 1. The predicted molar refractivity (Wildman–Crippen MR) is 134 cm³/mol. The van der Waals surface area contributed by atoms with E-state index in [1.165, 1.54) is 0 Å². The molecule has 3 aromatic rings. The van der Waals surface area contributed by atoms with E-state index in [0.29, 0.717) is 18.7 Å². The third-order valence-corrected chi connectivity index (χ3v) is 4.63. The van der Waals surface area contributed by atoms with Gasteiger partial charge in [-0.25, -0.2) is 0 Å². The lowest BCUT2D eigenvalue weighted by Crippen LogP contribution is -2.32. The number of amides is 1. The molecule has 0 saturated heterocycles. The number of methoxy groups -OCH3 is 1. The summed E-state index contributed by atoms with van der Waals surface area (Å²) in [7, 11) is 1.60. The molecular weight excluding hydrogens is 418 g/mol. The number of phenols is 1. The van der Waals surface area contributed by atoms with Gasteiger partial charge in [0, 0.05) is 11.8 Å². The van der Waals surface area contributed by atoms with Gasteiger partial charge in [0.1, 0.15) is 23.9 Å². The molecule has 0 aliphatic carbocycles. The summed E-state index contributed by atoms with van der Waals surface area (Å²) in [6, 6.07) is 10.7. The summed E-state index contributed by atoms with van der Waals surface area (Å²) in [6.45, 7) is 12.3. The quantitative estimate of drug-likeness (QED) is 0.416. The maximum atomic E-state index is 12.6. The number of H-pyrrole nitrogens is 1. The SMILES string of the molecule is CC.CC.CC.COc1ccc2c(c1)CC(C(=O)Nc1ccc(-c3cn[nH]c3)cc1O)CO2. The number of aromatic nitrogens is 2. The third kappa shape index (κ3) is 7.27. The summed E-state index contributed by atoms with van der Waals surface area (Å²) in [5.74, 6) is 0.950. The molecule has 33 heavy (non-hydrogen) atoms. The van der Waals surface area contributed by atoms with Crippen molar-refractivity contribution in [1.29, 1.82) is 0 Å². The van der Waals surface area contributed by atoms with Crippen molar-refractivity contribution in [3.05, 3.63) is 54.4 Å². The van der Waals surface area contributed by atoms with Gasteiger partial charge in [-0.1, -0.05) is 47.6 Å². The monoisotopic (exact) mass is 455 g/mol. The second-order valence-corrected chi connectivity index (χ2v) is 6.39. The van der Waals surface area contributed by atoms with Crippen molar-refractivity contribution < 1.29 is 19.4 Å². The Morgan fingerprint density at radius 3 is 2.42 bits per heavy atom. The van der Waals surface area contributed by atoms with E-state index < -0.39 is 0 Å². The minimum absolute atomic E-state index is 0.000784. The molecular formula is C26H37N3O4. The number of nitrogens with zero attached hydrogens (tertiary/aromatic N) is 1. The number of aromatic hydroxyl groups is 1. The van der Waals surface area contributed by atoms with Crippen LogP contribution in [0.5, 0.6) is 17.2 Å². The van der Waals surface area contributed by atoms with Gasteiger partial charge in [-0.3, -0.25) is 9.89 Å². The average Bonchev–Trinajstić information content (AvgIpc) is 3.43. The topological polar surface area (TPSA) is 96.5 Å². The number of aromatic amines is 1. The zero-order valence-electron chi connectivity index (χ0n) is 20.7. The molecule has 7 nitrogen and oxygen atoms in total. The summed E-state index contributed by atoms with van der Waals surface area (Å²) in [4.78, 5) is 12.6. The van der Waals surface area contributed by atoms with Gasteiger partial charge < -0.3 is 19.9 Å². The first kappa shape index (κ1) is 27.6. The molecule has 1 aliphatic rings. The highest BCUT2D eigenvalue weighted by Crippen LogP contribution is 2.33. The van der Waals surface area contributed by atoms with E-state index in [-0.39, 0.29) is 17.6 Å². The van der Waals surface area contributed by atoms with E-state index >= 15 is 0 Å². The average molecular weight is 456 g/mol. The first-order valence-corrected chi connectivity index (χ1v) is 11.6. The number of hydrogen-bond donors (Lipinski definition) is 3. The molecule has 1 aromatic heterocycles. The van der Waals surface area contributed by atoms with Gasteiger partial charge in [-0.15, -0.1) is 0 Å². The Balaban J connectivity index is 0.000000841. The summed E-state index contributed by atoms with van der Waals surface area (Å²) < 4.78 is 10.9. The Kier molecular flexibility index (Phi) is 12.2. The predicted octanol–water partition coefficient (Wildman–Crippen LogP) is 6.06. The van der Waals surface area contributed by atoms with Gasteiger partial charge in [-0.2, -0.15) is 5.10 Å². The second-order valence-electron chi connectivity index (χ2n) is 6.39. The highest BCUT2D eigenvalue weighted by molar-refractivity contribution is 5.94. The number of phenolic OH excluding ortho intramolecular Hbond substituents is 1. The van der Waals surface area contributed by atoms with Crippen LogP contribution in [-0.2, 0) is 11.2 Å². The zero-order chi connectivity index (χ0) is 24.8. The van der Waals surface area contributed by atoms with Crippen molar-refractivity contribution in [1.82, 2.24) is 10.2 Å². The second kappa shape index (κ2) is 14.6. The van der Waals surface area contributed by atoms with E-state index in [4.69, 9.17) is 9.47 Å². The maximum Gasteiger partial charge on any atom is 0.231 e. The van der Waals surface area contributed by atoms with Crippen LogP contribution in [0, 0.1) is 5.92 Å². The van der Waals surface area contributed by atoms with Crippen molar-refractivity contribution in [2.24, 2.45) is 5.92 Å². The number of ether oxygens (including phenoxy) is 2. The summed E-state index contributed by atoms with van der Waals surface area (Å²) in [5.41, 5.74) is 2.96. The smallest absolute Gasteiger partial charge is 0.231 e. The van der Waals surface area contributed by atoms with Crippen LogP contribution in [0.4, 0.5) is 5.69 Å². The van der Waals surface area contributed by atoms with E-state index in [2.05, 4.69) is 15.5 Å². The number of carbonyl (C=O) groups is 1. The molecule has 180 valence electrons. The Morgan fingerprint density at radius 2 is 1.82 bits per heavy atom. The van der Waals surface area contributed by atoms with E-state index in [1.807, 2.05) is 65.8 Å². The van der Waals surface area contributed by atoms with Gasteiger partial charge in [-0.05, 0) is 47.9 Å². The molecule has 7 heteroatoms. The molecule has 0 bridgehead atoms. The molecule has 0 radical (unpaired) electrons. The molecule has 2 heterocycles. The highest BCUT2D eigenvalue weighted by Gasteiger charge is 2.27. The Bertz CT molecular complexity index is 972. The molecule has 1 unspecified atom stereocenters. The minimum atomic E-state index is -0.349. The normalized spacial score (nSPS) is 13.2. The Hall–Kier alpha value is -3.48. The number of rotatable bonds is 4. The summed E-state index contributed by atoms with van der Waals surface area (Å²) in [5, 5.41) is 19.7. The number of hydrogen-bond acceptors (Lipinski definition) is 5. The lowest BCUT2D eigenvalue weighted by Gasteiger charge is -2.25. The lowest BCUT2D eigenvalue weighted by atomic mass is 9.95. The minimum Gasteiger partial charge on any atom is -0.506 e. The van der Waals surface area contributed by atoms with Crippen molar-refractivity contribution >= 4 is 11.6 Å². The Labute approximate surface area is 197 Å². The van der Waals surface area contributed by atoms with Gasteiger partial charge in [0.05, 0.1) is 24.9 Å². The first-order chi connectivity index (χ1) is 16.1. The standard InChI is InChI=1S/C20H19N3O4.3C2H6/c1-26-16-3-5-19-13(7-16)6-14(11-27-19)20(25)23-17-4-2-12(8-18(17)24)15-9-21-22-10-15;3*1-2/h2-5,7-10,14,24H,6,11H2,1H3,(H,21,22)(H,23,25);3*1-2H3. The fraction of sp³-hybridized carbons (Fsp3) is 0.385. The van der Waals surface area contributed by atoms with Crippen LogP contribution in [0.25, 0.3) is 11.1 Å². The molecule has 1 atom stereocenters. The summed E-state index contributed by atoms with van der Waals surface area (Å²) in [6.07, 6.45) is 3.95. The number of benzene rings is 2. The molecule has 0 spiro atoms. The molecule has 4 rings (SSSR count). The zero-order valence-corrected chi connectivity index (χ0v) is 20.7. The van der Waals surface area contributed by atoms with Crippen LogP contribution in [0.3, 0.4) is 0 Å². The molecule has 2 aromatic carbocycles. The number of anilines is 1. The van der Waals surface area contributed by atoms with Crippen LogP contribution < -0.4 is 14.8 Å². The van der Waals surface area contributed by atoms with Gasteiger partial charge in [0.25, 0.3) is 0 Å². The van der Waals surface area contributed by atoms with Crippen molar-refractivity contribution in [2.45, 2.75) is 48.0 Å². The van der Waals surface area contributed by atoms with E-state index in [9.17, 15) is 9.90 Å². The van der Waals surface area contributed by atoms with Crippen LogP contribution in [-0.4, -0.2) is 34.9 Å². The van der Waals surface area contributed by atoms with E-state index in [0.717, 1.165) is 28.2 Å². The highest BCUT2D eigenvalue weighted by atomic mass is 16.5. The molecule has 0 saturated carbocycles. The third-order valence-electron chi connectivity index (χ3n) is 4.63. The van der Waals surface area contributed by atoms with Crippen LogP contribution >= 0.6 is 0 Å². The Morgan fingerprint density at radius 1 is 1.09 bits per heavy atom. The van der Waals surface area contributed by atoms with Gasteiger partial charge in [0.2, 0.25) is 5.91 Å². The van der Waals surface area contributed by atoms with Crippen molar-refractivity contribution in [3.8, 4) is 28.4 Å². The van der Waals surface area contributed by atoms with Crippen molar-refractivity contribution in [3.63, 3.8) is 0 Å². The fourth-order valence-electron chi connectivity index (χ4n) is 3.13. The number of nitrogens with one attached hydrogen (secondary N) is 2. The largest absolute Gasteiger partial charge is 0.506 e. The molecule has 1 amide bonds. The van der Waals surface area contributed by atoms with Crippen LogP contribution in [0.2, 0.25) is 0 Å². The lowest BCUT2D eigenvalue weighted by molar-refractivity contribution is -0.121.